The van der Waals surface area contributed by atoms with Gasteiger partial charge >= 0.3 is 0 Å². The van der Waals surface area contributed by atoms with Crippen molar-refractivity contribution < 1.29 is 18.4 Å². The van der Waals surface area contributed by atoms with Crippen molar-refractivity contribution in [3.63, 3.8) is 0 Å². The molecule has 1 aliphatic rings. The third-order valence-corrected chi connectivity index (χ3v) is 4.31. The van der Waals surface area contributed by atoms with E-state index in [4.69, 9.17) is 0 Å². The molecule has 0 radical (unpaired) electrons. The summed E-state index contributed by atoms with van der Waals surface area (Å²) < 4.78 is 26.8. The number of rotatable bonds is 3. The molecular weight excluding hydrogens is 312 g/mol. The zero-order valence-electron chi connectivity index (χ0n) is 13.0. The Morgan fingerprint density at radius 3 is 2.42 bits per heavy atom. The van der Waals surface area contributed by atoms with Crippen LogP contribution in [0.3, 0.4) is 0 Å². The smallest absolute Gasteiger partial charge is 0.256 e. The summed E-state index contributed by atoms with van der Waals surface area (Å²) in [5.74, 6) is -1.81. The van der Waals surface area contributed by atoms with Crippen molar-refractivity contribution in [2.24, 2.45) is 5.92 Å². The predicted molar refractivity (Wildman–Crippen MR) is 85.8 cm³/mol. The van der Waals surface area contributed by atoms with Gasteiger partial charge in [0.2, 0.25) is 0 Å². The van der Waals surface area contributed by atoms with Gasteiger partial charge in [-0.05, 0) is 49.2 Å². The minimum atomic E-state index is -0.561. The normalized spacial score (nSPS) is 17.6. The Bertz CT molecular complexity index is 758. The number of amides is 1. The highest BCUT2D eigenvalue weighted by Crippen LogP contribution is 2.23. The first kappa shape index (κ1) is 16.3. The lowest BCUT2D eigenvalue weighted by molar-refractivity contribution is 0.0633. The number of Topliss-reactive ketones (excluding diaryl/α,β-unsaturated/α-hetero) is 1. The predicted octanol–water partition coefficient (Wildman–Crippen LogP) is 3.70. The Morgan fingerprint density at radius 2 is 1.71 bits per heavy atom. The molecular formula is C19H17F2NO2. The van der Waals surface area contributed by atoms with E-state index in [1.54, 1.807) is 6.07 Å². The van der Waals surface area contributed by atoms with E-state index in [-0.39, 0.29) is 23.8 Å². The second-order valence-electron chi connectivity index (χ2n) is 5.94. The summed E-state index contributed by atoms with van der Waals surface area (Å²) in [7, 11) is 0. The summed E-state index contributed by atoms with van der Waals surface area (Å²) in [5, 5.41) is 0. The van der Waals surface area contributed by atoms with Crippen molar-refractivity contribution in [2.75, 3.05) is 13.1 Å². The Kier molecular flexibility index (Phi) is 4.69. The average molecular weight is 329 g/mol. The number of piperidine rings is 1. The molecule has 3 rings (SSSR count). The Balaban J connectivity index is 1.74. The standard InChI is InChI=1S/C19H17F2NO2/c20-15-9-7-13(8-10-15)18(23)14-4-3-11-22(12-14)19(24)16-5-1-2-6-17(16)21/h1-2,5-10,14H,3-4,11-12H2. The fourth-order valence-electron chi connectivity index (χ4n) is 3.03. The van der Waals surface area contributed by atoms with Gasteiger partial charge in [0.1, 0.15) is 11.6 Å². The molecule has 0 saturated carbocycles. The van der Waals surface area contributed by atoms with Crippen LogP contribution < -0.4 is 0 Å². The van der Waals surface area contributed by atoms with Crippen LogP contribution in [-0.4, -0.2) is 29.7 Å². The van der Waals surface area contributed by atoms with Crippen LogP contribution in [0.15, 0.2) is 48.5 Å². The van der Waals surface area contributed by atoms with Gasteiger partial charge in [0, 0.05) is 24.6 Å². The van der Waals surface area contributed by atoms with E-state index in [1.165, 1.54) is 47.4 Å². The van der Waals surface area contributed by atoms with Gasteiger partial charge in [0.05, 0.1) is 5.56 Å². The first-order valence-corrected chi connectivity index (χ1v) is 7.90. The summed E-state index contributed by atoms with van der Waals surface area (Å²) in [4.78, 5) is 26.6. The van der Waals surface area contributed by atoms with Gasteiger partial charge in [-0.3, -0.25) is 9.59 Å². The fourth-order valence-corrected chi connectivity index (χ4v) is 3.03. The lowest BCUT2D eigenvalue weighted by atomic mass is 9.89. The van der Waals surface area contributed by atoms with Crippen molar-refractivity contribution in [1.29, 1.82) is 0 Å². The van der Waals surface area contributed by atoms with Crippen LogP contribution in [0, 0.1) is 17.6 Å². The third kappa shape index (κ3) is 3.35. The Morgan fingerprint density at radius 1 is 1.00 bits per heavy atom. The number of hydrogen-bond donors (Lipinski definition) is 0. The molecule has 0 spiro atoms. The number of nitrogens with zero attached hydrogens (tertiary/aromatic N) is 1. The molecule has 1 unspecified atom stereocenters. The van der Waals surface area contributed by atoms with Gasteiger partial charge < -0.3 is 4.90 Å². The highest BCUT2D eigenvalue weighted by atomic mass is 19.1. The first-order valence-electron chi connectivity index (χ1n) is 7.90. The highest BCUT2D eigenvalue weighted by Gasteiger charge is 2.30. The van der Waals surface area contributed by atoms with Crippen molar-refractivity contribution in [2.45, 2.75) is 12.8 Å². The van der Waals surface area contributed by atoms with Gasteiger partial charge in [-0.1, -0.05) is 12.1 Å². The molecule has 1 saturated heterocycles. The van der Waals surface area contributed by atoms with E-state index in [2.05, 4.69) is 0 Å². The Hall–Kier alpha value is -2.56. The van der Waals surface area contributed by atoms with E-state index >= 15 is 0 Å². The van der Waals surface area contributed by atoms with Crippen LogP contribution in [0.4, 0.5) is 8.78 Å². The lowest BCUT2D eigenvalue weighted by Gasteiger charge is -2.32. The zero-order chi connectivity index (χ0) is 17.1. The molecule has 2 aromatic rings. The second-order valence-corrected chi connectivity index (χ2v) is 5.94. The summed E-state index contributed by atoms with van der Waals surface area (Å²) in [6.07, 6.45) is 1.34. The first-order chi connectivity index (χ1) is 11.6. The zero-order valence-corrected chi connectivity index (χ0v) is 13.0. The molecule has 3 nitrogen and oxygen atoms in total. The second kappa shape index (κ2) is 6.91. The average Bonchev–Trinajstić information content (AvgIpc) is 2.62. The number of hydrogen-bond acceptors (Lipinski definition) is 2. The van der Waals surface area contributed by atoms with E-state index in [9.17, 15) is 18.4 Å². The van der Waals surface area contributed by atoms with Crippen LogP contribution in [0.5, 0.6) is 0 Å². The molecule has 24 heavy (non-hydrogen) atoms. The highest BCUT2D eigenvalue weighted by molar-refractivity contribution is 5.99. The number of halogens is 2. The minimum absolute atomic E-state index is 0.0207. The van der Waals surface area contributed by atoms with Gasteiger partial charge in [-0.2, -0.15) is 0 Å². The number of carbonyl (C=O) groups excluding carboxylic acids is 2. The molecule has 1 aliphatic heterocycles. The number of likely N-dealkylation sites (tertiary alicyclic amines) is 1. The monoisotopic (exact) mass is 329 g/mol. The van der Waals surface area contributed by atoms with Gasteiger partial charge in [-0.15, -0.1) is 0 Å². The number of carbonyl (C=O) groups is 2. The summed E-state index contributed by atoms with van der Waals surface area (Å²) in [6, 6.07) is 11.2. The molecule has 1 fully saturated rings. The number of benzene rings is 2. The molecule has 0 aliphatic carbocycles. The van der Waals surface area contributed by atoms with Crippen LogP contribution >= 0.6 is 0 Å². The van der Waals surface area contributed by atoms with Crippen molar-refractivity contribution in [3.05, 3.63) is 71.3 Å². The van der Waals surface area contributed by atoms with E-state index in [0.29, 0.717) is 24.9 Å². The molecule has 1 amide bonds. The minimum Gasteiger partial charge on any atom is -0.338 e. The number of ketones is 1. The molecule has 0 bridgehead atoms. The van der Waals surface area contributed by atoms with Gasteiger partial charge in [0.15, 0.2) is 5.78 Å². The topological polar surface area (TPSA) is 37.4 Å². The summed E-state index contributed by atoms with van der Waals surface area (Å²) >= 11 is 0. The molecule has 0 N–H and O–H groups in total. The van der Waals surface area contributed by atoms with Crippen LogP contribution in [-0.2, 0) is 0 Å². The van der Waals surface area contributed by atoms with Gasteiger partial charge in [-0.25, -0.2) is 8.78 Å². The molecule has 124 valence electrons. The fraction of sp³-hybridized carbons (Fsp3) is 0.263. The van der Waals surface area contributed by atoms with E-state index in [0.717, 1.165) is 0 Å². The van der Waals surface area contributed by atoms with Crippen molar-refractivity contribution in [1.82, 2.24) is 4.90 Å². The molecule has 2 aromatic carbocycles. The maximum atomic E-state index is 13.8. The maximum Gasteiger partial charge on any atom is 0.256 e. The maximum absolute atomic E-state index is 13.8. The molecule has 1 atom stereocenters. The van der Waals surface area contributed by atoms with Gasteiger partial charge in [0.25, 0.3) is 5.91 Å². The molecule has 5 heteroatoms. The van der Waals surface area contributed by atoms with Crippen molar-refractivity contribution in [3.8, 4) is 0 Å². The quantitative estimate of drug-likeness (QED) is 0.805. The third-order valence-electron chi connectivity index (χ3n) is 4.31. The summed E-state index contributed by atoms with van der Waals surface area (Å²) in [6.45, 7) is 0.754. The largest absolute Gasteiger partial charge is 0.338 e. The van der Waals surface area contributed by atoms with Crippen LogP contribution in [0.1, 0.15) is 33.6 Å². The van der Waals surface area contributed by atoms with Crippen LogP contribution in [0.2, 0.25) is 0 Å². The lowest BCUT2D eigenvalue weighted by Crippen LogP contribution is -2.42. The Labute approximate surface area is 138 Å². The van der Waals surface area contributed by atoms with E-state index < -0.39 is 17.5 Å². The SMILES string of the molecule is O=C(c1ccc(F)cc1)C1CCCN(C(=O)c2ccccc2F)C1. The molecule has 0 aromatic heterocycles. The van der Waals surface area contributed by atoms with Crippen molar-refractivity contribution >= 4 is 11.7 Å². The molecule has 1 heterocycles. The summed E-state index contributed by atoms with van der Waals surface area (Å²) in [5.41, 5.74) is 0.453. The van der Waals surface area contributed by atoms with Crippen LogP contribution in [0.25, 0.3) is 0 Å². The van der Waals surface area contributed by atoms with E-state index in [1.807, 2.05) is 0 Å².